The fourth-order valence-electron chi connectivity index (χ4n) is 1.50. The highest BCUT2D eigenvalue weighted by Gasteiger charge is 2.30. The third-order valence-corrected chi connectivity index (χ3v) is 2.50. The van der Waals surface area contributed by atoms with Gasteiger partial charge in [0.1, 0.15) is 0 Å². The average molecular weight is 188 g/mol. The van der Waals surface area contributed by atoms with Gasteiger partial charge in [0.05, 0.1) is 18.1 Å². The maximum Gasteiger partial charge on any atom is 0.308 e. The highest BCUT2D eigenvalue weighted by atomic mass is 16.5. The van der Waals surface area contributed by atoms with Gasteiger partial charge in [0, 0.05) is 6.61 Å². The van der Waals surface area contributed by atoms with Crippen molar-refractivity contribution in [3.8, 4) is 0 Å². The fourth-order valence-corrected chi connectivity index (χ4v) is 1.50. The molecule has 1 aliphatic rings. The van der Waals surface area contributed by atoms with Crippen molar-refractivity contribution in [2.45, 2.75) is 38.4 Å². The van der Waals surface area contributed by atoms with E-state index in [4.69, 9.17) is 9.84 Å². The zero-order valence-corrected chi connectivity index (χ0v) is 7.77. The van der Waals surface area contributed by atoms with E-state index in [1.165, 1.54) is 6.92 Å². The lowest BCUT2D eigenvalue weighted by atomic mass is 9.95. The lowest BCUT2D eigenvalue weighted by Gasteiger charge is -2.28. The Morgan fingerprint density at radius 3 is 2.69 bits per heavy atom. The number of rotatable bonds is 3. The molecule has 0 amide bonds. The normalized spacial score (nSPS) is 28.0. The molecule has 0 radical (unpaired) electrons. The van der Waals surface area contributed by atoms with Gasteiger partial charge in [-0.15, -0.1) is 0 Å². The Morgan fingerprint density at radius 2 is 2.23 bits per heavy atom. The summed E-state index contributed by atoms with van der Waals surface area (Å²) in [6.07, 6.45) is 1.61. The molecule has 1 heterocycles. The average Bonchev–Trinajstić information content (AvgIpc) is 2.17. The molecule has 0 aromatic heterocycles. The fraction of sp³-hybridized carbons (Fsp3) is 0.889. The first-order valence-electron chi connectivity index (χ1n) is 4.65. The van der Waals surface area contributed by atoms with Crippen molar-refractivity contribution < 1.29 is 19.7 Å². The smallest absolute Gasteiger partial charge is 0.308 e. The molecule has 13 heavy (non-hydrogen) atoms. The molecule has 1 aliphatic heterocycles. The summed E-state index contributed by atoms with van der Waals surface area (Å²) < 4.78 is 5.30. The van der Waals surface area contributed by atoms with Crippen LogP contribution in [0.4, 0.5) is 0 Å². The van der Waals surface area contributed by atoms with Crippen molar-refractivity contribution in [3.63, 3.8) is 0 Å². The molecule has 4 heteroatoms. The Bertz CT molecular complexity index is 174. The van der Waals surface area contributed by atoms with E-state index in [2.05, 4.69) is 0 Å². The van der Waals surface area contributed by atoms with Gasteiger partial charge in [0.25, 0.3) is 0 Å². The van der Waals surface area contributed by atoms with Crippen LogP contribution in [0.3, 0.4) is 0 Å². The molecule has 0 aromatic carbocycles. The van der Waals surface area contributed by atoms with Crippen molar-refractivity contribution in [1.82, 2.24) is 0 Å². The van der Waals surface area contributed by atoms with Gasteiger partial charge < -0.3 is 14.9 Å². The Balaban J connectivity index is 2.44. The van der Waals surface area contributed by atoms with E-state index >= 15 is 0 Å². The summed E-state index contributed by atoms with van der Waals surface area (Å²) in [6, 6.07) is 0. The molecule has 0 spiro atoms. The maximum absolute atomic E-state index is 10.6. The molecule has 76 valence electrons. The van der Waals surface area contributed by atoms with Crippen LogP contribution in [0.1, 0.15) is 26.2 Å². The lowest BCUT2D eigenvalue weighted by molar-refractivity contribution is -0.151. The minimum atomic E-state index is -0.971. The van der Waals surface area contributed by atoms with Crippen LogP contribution < -0.4 is 0 Å². The van der Waals surface area contributed by atoms with Gasteiger partial charge in [-0.25, -0.2) is 0 Å². The first-order chi connectivity index (χ1) is 6.13. The van der Waals surface area contributed by atoms with Crippen LogP contribution in [0, 0.1) is 5.92 Å². The van der Waals surface area contributed by atoms with Crippen LogP contribution in [0.15, 0.2) is 0 Å². The van der Waals surface area contributed by atoms with E-state index < -0.39 is 18.0 Å². The first-order valence-corrected chi connectivity index (χ1v) is 4.65. The van der Waals surface area contributed by atoms with Gasteiger partial charge in [-0.1, -0.05) is 0 Å². The van der Waals surface area contributed by atoms with E-state index in [1.54, 1.807) is 0 Å². The zero-order valence-electron chi connectivity index (χ0n) is 7.77. The molecule has 1 rings (SSSR count). The first kappa shape index (κ1) is 10.5. The van der Waals surface area contributed by atoms with Gasteiger partial charge in [-0.05, 0) is 26.2 Å². The zero-order chi connectivity index (χ0) is 9.84. The molecule has 1 fully saturated rings. The minimum absolute atomic E-state index is 0.292. The van der Waals surface area contributed by atoms with Crippen LogP contribution in [-0.4, -0.2) is 35.0 Å². The van der Waals surface area contributed by atoms with Crippen LogP contribution in [-0.2, 0) is 9.53 Å². The van der Waals surface area contributed by atoms with Gasteiger partial charge in [0.2, 0.25) is 0 Å². The second kappa shape index (κ2) is 4.58. The van der Waals surface area contributed by atoms with Crippen LogP contribution in [0.2, 0.25) is 0 Å². The molecule has 0 aromatic rings. The van der Waals surface area contributed by atoms with Crippen molar-refractivity contribution in [1.29, 1.82) is 0 Å². The molecular formula is C9H16O4. The van der Waals surface area contributed by atoms with Gasteiger partial charge in [-0.2, -0.15) is 0 Å². The monoisotopic (exact) mass is 188 g/mol. The Hall–Kier alpha value is -0.610. The quantitative estimate of drug-likeness (QED) is 0.682. The molecule has 1 saturated heterocycles. The molecule has 0 aliphatic carbocycles. The minimum Gasteiger partial charge on any atom is -0.481 e. The van der Waals surface area contributed by atoms with Crippen molar-refractivity contribution in [2.24, 2.45) is 5.92 Å². The Kier molecular flexibility index (Phi) is 3.69. The summed E-state index contributed by atoms with van der Waals surface area (Å²) in [7, 11) is 0. The van der Waals surface area contributed by atoms with Crippen LogP contribution >= 0.6 is 0 Å². The summed E-state index contributed by atoms with van der Waals surface area (Å²) in [5, 5.41) is 18.3. The van der Waals surface area contributed by atoms with Gasteiger partial charge >= 0.3 is 5.97 Å². The summed E-state index contributed by atoms with van der Waals surface area (Å²) in [6.45, 7) is 2.14. The van der Waals surface area contributed by atoms with E-state index in [0.29, 0.717) is 6.61 Å². The molecule has 2 N–H and O–H groups in total. The summed E-state index contributed by atoms with van der Waals surface area (Å²) in [4.78, 5) is 10.6. The number of aliphatic hydroxyl groups is 1. The van der Waals surface area contributed by atoms with Gasteiger partial charge in [-0.3, -0.25) is 4.79 Å². The van der Waals surface area contributed by atoms with E-state index in [9.17, 15) is 9.90 Å². The summed E-state index contributed by atoms with van der Waals surface area (Å²) in [5.74, 6) is -1.72. The topological polar surface area (TPSA) is 66.8 Å². The third kappa shape index (κ3) is 2.67. The van der Waals surface area contributed by atoms with Crippen LogP contribution in [0.25, 0.3) is 0 Å². The third-order valence-electron chi connectivity index (χ3n) is 2.50. The Morgan fingerprint density at radius 1 is 1.54 bits per heavy atom. The number of carboxylic acids is 1. The highest BCUT2D eigenvalue weighted by Crippen LogP contribution is 2.20. The number of hydrogen-bond donors (Lipinski definition) is 2. The summed E-state index contributed by atoms with van der Waals surface area (Å²) >= 11 is 0. The molecule has 0 saturated carbocycles. The number of ether oxygens (including phenoxy) is 1. The number of hydrogen-bond acceptors (Lipinski definition) is 3. The van der Waals surface area contributed by atoms with E-state index in [-0.39, 0.29) is 6.10 Å². The largest absolute Gasteiger partial charge is 0.481 e. The maximum atomic E-state index is 10.6. The van der Waals surface area contributed by atoms with Gasteiger partial charge in [0.15, 0.2) is 0 Å². The highest BCUT2D eigenvalue weighted by molar-refractivity contribution is 5.70. The summed E-state index contributed by atoms with van der Waals surface area (Å²) in [5.41, 5.74) is 0. The molecule has 0 bridgehead atoms. The standard InChI is InChI=1S/C9H16O4/c1-6(9(11)12)8(10)7-4-2-3-5-13-7/h6-8,10H,2-5H2,1H3,(H,11,12). The predicted molar refractivity (Wildman–Crippen MR) is 46.4 cm³/mol. The number of aliphatic hydroxyl groups excluding tert-OH is 1. The number of carbonyl (C=O) groups is 1. The van der Waals surface area contributed by atoms with Crippen molar-refractivity contribution in [3.05, 3.63) is 0 Å². The molecular weight excluding hydrogens is 172 g/mol. The molecule has 3 unspecified atom stereocenters. The molecule has 3 atom stereocenters. The van der Waals surface area contributed by atoms with E-state index in [0.717, 1.165) is 19.3 Å². The van der Waals surface area contributed by atoms with Crippen molar-refractivity contribution in [2.75, 3.05) is 6.61 Å². The predicted octanol–water partition coefficient (Wildman–Crippen LogP) is 0.637. The number of aliphatic carboxylic acids is 1. The second-order valence-electron chi connectivity index (χ2n) is 3.52. The van der Waals surface area contributed by atoms with E-state index in [1.807, 2.05) is 0 Å². The second-order valence-corrected chi connectivity index (χ2v) is 3.52. The van der Waals surface area contributed by atoms with Crippen LogP contribution in [0.5, 0.6) is 0 Å². The van der Waals surface area contributed by atoms with Crippen molar-refractivity contribution >= 4 is 5.97 Å². The number of carboxylic acid groups (broad SMARTS) is 1. The Labute approximate surface area is 77.5 Å². The SMILES string of the molecule is CC(C(=O)O)C(O)C1CCCCO1. The molecule has 4 nitrogen and oxygen atoms in total. The lowest BCUT2D eigenvalue weighted by Crippen LogP contribution is -2.39.